The van der Waals surface area contributed by atoms with Crippen LogP contribution in [0.1, 0.15) is 10.5 Å². The molecule has 0 aliphatic carbocycles. The van der Waals surface area contributed by atoms with Crippen molar-refractivity contribution in [2.75, 3.05) is 6.86 Å². The van der Waals surface area contributed by atoms with Gasteiger partial charge in [-0.2, -0.15) is 0 Å². The van der Waals surface area contributed by atoms with Crippen molar-refractivity contribution in [2.45, 2.75) is 0 Å². The van der Waals surface area contributed by atoms with Crippen LogP contribution >= 0.6 is 0 Å². The smallest absolute Gasteiger partial charge is 0.266 e. The molecule has 0 unspecified atom stereocenters. The first-order valence-electron chi connectivity index (χ1n) is 2.78. The Morgan fingerprint density at radius 1 is 1.91 bits per heavy atom. The molecule has 0 aliphatic rings. The highest BCUT2D eigenvalue weighted by molar-refractivity contribution is 5.90. The summed E-state index contributed by atoms with van der Waals surface area (Å²) in [5.41, 5.74) is 4.95. The van der Waals surface area contributed by atoms with Crippen LogP contribution in [0.4, 0.5) is 4.39 Å². The average Bonchev–Trinajstić information content (AvgIpc) is 2.37. The highest BCUT2D eigenvalue weighted by atomic mass is 19.1. The van der Waals surface area contributed by atoms with Crippen LogP contribution in [-0.4, -0.2) is 23.0 Å². The van der Waals surface area contributed by atoms with Gasteiger partial charge in [0, 0.05) is 6.07 Å². The van der Waals surface area contributed by atoms with Gasteiger partial charge in [0.1, 0.15) is 5.69 Å². The van der Waals surface area contributed by atoms with E-state index in [-0.39, 0.29) is 11.6 Å². The van der Waals surface area contributed by atoms with Crippen LogP contribution in [-0.2, 0) is 0 Å². The summed E-state index contributed by atoms with van der Waals surface area (Å²) in [5.74, 6) is -0.646. The normalized spacial score (nSPS) is 9.55. The van der Waals surface area contributed by atoms with Crippen molar-refractivity contribution < 1.29 is 13.9 Å². The van der Waals surface area contributed by atoms with Gasteiger partial charge in [-0.3, -0.25) is 9.89 Å². The monoisotopic (exact) mass is 159 g/mol. The number of carbonyl (C=O) groups excluding carboxylic acids is 1. The van der Waals surface area contributed by atoms with Crippen LogP contribution < -0.4 is 10.5 Å². The fourth-order valence-corrected chi connectivity index (χ4v) is 0.559. The third kappa shape index (κ3) is 1.66. The number of primary amides is 1. The lowest BCUT2D eigenvalue weighted by molar-refractivity contribution is 0.0995. The summed E-state index contributed by atoms with van der Waals surface area (Å²) in [4.78, 5) is 10.4. The number of halogens is 1. The number of amides is 1. The highest BCUT2D eigenvalue weighted by Gasteiger charge is 2.05. The van der Waals surface area contributed by atoms with Crippen LogP contribution in [0, 0.1) is 0 Å². The summed E-state index contributed by atoms with van der Waals surface area (Å²) in [5, 5.41) is 5.71. The van der Waals surface area contributed by atoms with Crippen molar-refractivity contribution in [3.8, 4) is 5.88 Å². The molecule has 1 rings (SSSR count). The molecule has 5 nitrogen and oxygen atoms in total. The molecule has 1 amide bonds. The number of alkyl halides is 1. The zero-order valence-corrected chi connectivity index (χ0v) is 5.50. The summed E-state index contributed by atoms with van der Waals surface area (Å²) in [6, 6.07) is 1.22. The van der Waals surface area contributed by atoms with Gasteiger partial charge in [-0.05, 0) is 0 Å². The Balaban J connectivity index is 2.73. The summed E-state index contributed by atoms with van der Waals surface area (Å²) >= 11 is 0. The van der Waals surface area contributed by atoms with Gasteiger partial charge < -0.3 is 10.5 Å². The zero-order chi connectivity index (χ0) is 8.27. The van der Waals surface area contributed by atoms with Gasteiger partial charge in [-0.15, -0.1) is 5.10 Å². The molecule has 1 aromatic heterocycles. The molecule has 0 saturated heterocycles. The van der Waals surface area contributed by atoms with Crippen molar-refractivity contribution >= 4 is 5.91 Å². The molecular formula is C5H6FN3O2. The zero-order valence-electron chi connectivity index (χ0n) is 5.50. The molecule has 11 heavy (non-hydrogen) atoms. The van der Waals surface area contributed by atoms with Gasteiger partial charge in [0.15, 0.2) is 0 Å². The molecule has 0 bridgehead atoms. The number of aromatic amines is 1. The Kier molecular flexibility index (Phi) is 2.05. The van der Waals surface area contributed by atoms with Gasteiger partial charge in [0.2, 0.25) is 12.7 Å². The molecule has 0 fully saturated rings. The number of nitrogens with two attached hydrogens (primary N) is 1. The maximum Gasteiger partial charge on any atom is 0.266 e. The Hall–Kier alpha value is -1.59. The summed E-state index contributed by atoms with van der Waals surface area (Å²) in [6.07, 6.45) is 0. The summed E-state index contributed by atoms with van der Waals surface area (Å²) in [7, 11) is 0. The fraction of sp³-hybridized carbons (Fsp3) is 0.200. The van der Waals surface area contributed by atoms with Gasteiger partial charge >= 0.3 is 0 Å². The molecule has 0 atom stereocenters. The van der Waals surface area contributed by atoms with E-state index >= 15 is 0 Å². The number of rotatable bonds is 3. The first-order valence-corrected chi connectivity index (χ1v) is 2.78. The standard InChI is InChI=1S/C5H6FN3O2/c6-2-11-4-1-3(5(7)10)8-9-4/h1H,2H2,(H2,7,10)(H,8,9). The van der Waals surface area contributed by atoms with E-state index in [0.717, 1.165) is 0 Å². The quantitative estimate of drug-likeness (QED) is 0.641. The van der Waals surface area contributed by atoms with E-state index in [0.29, 0.717) is 0 Å². The molecule has 0 radical (unpaired) electrons. The van der Waals surface area contributed by atoms with E-state index < -0.39 is 12.8 Å². The molecule has 0 aromatic carbocycles. The first kappa shape index (κ1) is 7.52. The minimum absolute atomic E-state index is 0.0151. The summed E-state index contributed by atoms with van der Waals surface area (Å²) in [6.45, 7) is -0.983. The van der Waals surface area contributed by atoms with Gasteiger partial charge in [0.05, 0.1) is 0 Å². The second-order valence-electron chi connectivity index (χ2n) is 1.74. The third-order valence-electron chi connectivity index (χ3n) is 1.02. The lowest BCUT2D eigenvalue weighted by Gasteiger charge is -1.89. The van der Waals surface area contributed by atoms with Crippen LogP contribution in [0.15, 0.2) is 6.07 Å². The number of aromatic nitrogens is 2. The summed E-state index contributed by atoms with van der Waals surface area (Å²) < 4.78 is 15.8. The van der Waals surface area contributed by atoms with E-state index in [2.05, 4.69) is 14.9 Å². The van der Waals surface area contributed by atoms with Crippen molar-refractivity contribution in [3.63, 3.8) is 0 Å². The van der Waals surface area contributed by atoms with E-state index in [1.54, 1.807) is 0 Å². The number of nitrogens with one attached hydrogen (secondary N) is 1. The molecule has 1 aromatic rings. The first-order chi connectivity index (χ1) is 5.24. The molecular weight excluding hydrogens is 153 g/mol. The number of carbonyl (C=O) groups is 1. The van der Waals surface area contributed by atoms with Crippen molar-refractivity contribution in [1.29, 1.82) is 0 Å². The third-order valence-corrected chi connectivity index (χ3v) is 1.02. The second-order valence-corrected chi connectivity index (χ2v) is 1.74. The van der Waals surface area contributed by atoms with Crippen LogP contribution in [0.5, 0.6) is 5.88 Å². The number of H-pyrrole nitrogens is 1. The average molecular weight is 159 g/mol. The molecule has 0 spiro atoms. The van der Waals surface area contributed by atoms with Crippen molar-refractivity contribution in [3.05, 3.63) is 11.8 Å². The van der Waals surface area contributed by atoms with E-state index in [1.807, 2.05) is 0 Å². The van der Waals surface area contributed by atoms with E-state index in [9.17, 15) is 9.18 Å². The van der Waals surface area contributed by atoms with Crippen molar-refractivity contribution in [1.82, 2.24) is 10.2 Å². The Bertz CT molecular complexity index is 260. The lowest BCUT2D eigenvalue weighted by Crippen LogP contribution is -2.10. The minimum Gasteiger partial charge on any atom is -0.445 e. The Morgan fingerprint density at radius 2 is 2.64 bits per heavy atom. The van der Waals surface area contributed by atoms with E-state index in [1.165, 1.54) is 6.07 Å². The molecule has 1 heterocycles. The van der Waals surface area contributed by atoms with Gasteiger partial charge in [-0.1, -0.05) is 0 Å². The maximum atomic E-state index is 11.5. The fourth-order valence-electron chi connectivity index (χ4n) is 0.559. The molecule has 60 valence electrons. The van der Waals surface area contributed by atoms with Crippen LogP contribution in [0.2, 0.25) is 0 Å². The van der Waals surface area contributed by atoms with E-state index in [4.69, 9.17) is 5.73 Å². The predicted octanol–water partition coefficient (Wildman–Crippen LogP) is -0.186. The number of hydrogen-bond acceptors (Lipinski definition) is 3. The largest absolute Gasteiger partial charge is 0.445 e. The lowest BCUT2D eigenvalue weighted by atomic mass is 10.4. The molecule has 0 saturated carbocycles. The van der Waals surface area contributed by atoms with Crippen molar-refractivity contribution in [2.24, 2.45) is 5.73 Å². The topological polar surface area (TPSA) is 81.0 Å². The SMILES string of the molecule is NC(=O)c1cc(OCF)n[nH]1. The Morgan fingerprint density at radius 3 is 3.09 bits per heavy atom. The van der Waals surface area contributed by atoms with Crippen LogP contribution in [0.25, 0.3) is 0 Å². The van der Waals surface area contributed by atoms with Crippen LogP contribution in [0.3, 0.4) is 0 Å². The number of nitrogens with zero attached hydrogens (tertiary/aromatic N) is 1. The molecule has 6 heteroatoms. The van der Waals surface area contributed by atoms with Gasteiger partial charge in [-0.25, -0.2) is 4.39 Å². The minimum atomic E-state index is -0.983. The number of hydrogen-bond donors (Lipinski definition) is 2. The molecule has 0 aliphatic heterocycles. The predicted molar refractivity (Wildman–Crippen MR) is 33.7 cm³/mol. The number of ether oxygens (including phenoxy) is 1. The second kappa shape index (κ2) is 3.00. The maximum absolute atomic E-state index is 11.5. The van der Waals surface area contributed by atoms with Gasteiger partial charge in [0.25, 0.3) is 5.91 Å². The Labute approximate surface area is 61.3 Å². The molecule has 3 N–H and O–H groups in total. The highest BCUT2D eigenvalue weighted by Crippen LogP contribution is 2.06.